The Morgan fingerprint density at radius 1 is 1.32 bits per heavy atom. The summed E-state index contributed by atoms with van der Waals surface area (Å²) in [4.78, 5) is 0. The largest absolute Gasteiger partial charge is 0.389 e. The van der Waals surface area contributed by atoms with Gasteiger partial charge in [-0.1, -0.05) is 12.2 Å². The van der Waals surface area contributed by atoms with Gasteiger partial charge in [0.2, 0.25) is 0 Å². The molecule has 1 saturated heterocycles. The lowest BCUT2D eigenvalue weighted by atomic mass is 10.1. The maximum atomic E-state index is 9.81. The molecule has 0 spiro atoms. The molecule has 2 aliphatic rings. The lowest BCUT2D eigenvalue weighted by Crippen LogP contribution is -2.36. The van der Waals surface area contributed by atoms with E-state index >= 15 is 0 Å². The molecule has 4 N–H and O–H groups in total. The van der Waals surface area contributed by atoms with Crippen LogP contribution >= 0.6 is 0 Å². The molecule has 0 radical (unpaired) electrons. The zero-order valence-corrected chi connectivity index (χ0v) is 11.5. The number of aliphatic hydroxyl groups excluding tert-OH is 2. The fourth-order valence-electron chi connectivity index (χ4n) is 2.63. The first-order valence-corrected chi connectivity index (χ1v) is 7.13. The molecular formula is C15H24N2O2. The highest BCUT2D eigenvalue weighted by molar-refractivity contribution is 5.28. The molecule has 0 unspecified atom stereocenters. The fourth-order valence-corrected chi connectivity index (χ4v) is 2.63. The van der Waals surface area contributed by atoms with Gasteiger partial charge in [0.1, 0.15) is 0 Å². The van der Waals surface area contributed by atoms with Crippen molar-refractivity contribution in [2.75, 3.05) is 13.1 Å². The Morgan fingerprint density at radius 2 is 2.16 bits per heavy atom. The summed E-state index contributed by atoms with van der Waals surface area (Å²) in [6.45, 7) is 3.73. The van der Waals surface area contributed by atoms with Crippen LogP contribution < -0.4 is 10.6 Å². The highest BCUT2D eigenvalue weighted by Gasteiger charge is 2.37. The average Bonchev–Trinajstić information content (AvgIpc) is 2.99. The summed E-state index contributed by atoms with van der Waals surface area (Å²) in [5, 5.41) is 26.1. The van der Waals surface area contributed by atoms with Crippen molar-refractivity contribution in [3.63, 3.8) is 0 Å². The number of aliphatic hydroxyl groups is 2. The van der Waals surface area contributed by atoms with Crippen LogP contribution in [0.15, 0.2) is 29.5 Å². The van der Waals surface area contributed by atoms with Crippen LogP contribution in [0.25, 0.3) is 0 Å². The van der Waals surface area contributed by atoms with Gasteiger partial charge in [0.05, 0.1) is 12.2 Å². The molecule has 0 saturated carbocycles. The van der Waals surface area contributed by atoms with E-state index in [9.17, 15) is 10.2 Å². The van der Waals surface area contributed by atoms with Gasteiger partial charge in [0.15, 0.2) is 0 Å². The molecule has 1 fully saturated rings. The van der Waals surface area contributed by atoms with Crippen LogP contribution in [0.5, 0.6) is 0 Å². The van der Waals surface area contributed by atoms with E-state index in [2.05, 4.69) is 22.4 Å². The van der Waals surface area contributed by atoms with Crippen LogP contribution in [0.1, 0.15) is 26.2 Å². The van der Waals surface area contributed by atoms with E-state index in [4.69, 9.17) is 0 Å². The summed E-state index contributed by atoms with van der Waals surface area (Å²) in [5.74, 6) is 0. The van der Waals surface area contributed by atoms with Gasteiger partial charge in [-0.15, -0.1) is 5.73 Å². The molecule has 1 heterocycles. The molecule has 4 nitrogen and oxygen atoms in total. The van der Waals surface area contributed by atoms with Crippen molar-refractivity contribution in [1.82, 2.24) is 10.6 Å². The minimum Gasteiger partial charge on any atom is -0.389 e. The van der Waals surface area contributed by atoms with E-state index in [1.165, 1.54) is 5.57 Å². The van der Waals surface area contributed by atoms with Crippen molar-refractivity contribution in [2.45, 2.75) is 50.5 Å². The van der Waals surface area contributed by atoms with Crippen LogP contribution in [0.3, 0.4) is 0 Å². The molecule has 0 aromatic carbocycles. The standard InChI is InChI=1S/C15H24N2O2/c1-11-14(18)15(19)13(17-11)8-10-16-9-4-7-12-5-2-3-6-12/h2-3,5,11,13-19H,4,7-10H2,1H3/t11-,13-,14+,15-/m0/s1. The van der Waals surface area contributed by atoms with E-state index in [1.807, 2.05) is 19.1 Å². The summed E-state index contributed by atoms with van der Waals surface area (Å²) in [5.41, 5.74) is 4.46. The molecule has 1 aliphatic carbocycles. The minimum absolute atomic E-state index is 0.000840. The molecule has 1 aliphatic heterocycles. The molecule has 4 heteroatoms. The predicted octanol–water partition coefficient (Wildman–Crippen LogP) is 0.480. The summed E-state index contributed by atoms with van der Waals surface area (Å²) in [6, 6.07) is -0.0196. The Bertz CT molecular complexity index is 386. The minimum atomic E-state index is -0.643. The first kappa shape index (κ1) is 14.5. The van der Waals surface area contributed by atoms with Crippen molar-refractivity contribution in [2.24, 2.45) is 0 Å². The maximum absolute atomic E-state index is 9.81. The van der Waals surface area contributed by atoms with Gasteiger partial charge >= 0.3 is 0 Å². The smallest absolute Gasteiger partial charge is 0.0967 e. The summed E-state index contributed by atoms with van der Waals surface area (Å²) < 4.78 is 0. The highest BCUT2D eigenvalue weighted by Crippen LogP contribution is 2.16. The Kier molecular flexibility index (Phi) is 5.37. The second-order valence-electron chi connectivity index (χ2n) is 5.38. The van der Waals surface area contributed by atoms with E-state index in [-0.39, 0.29) is 12.1 Å². The topological polar surface area (TPSA) is 64.5 Å². The van der Waals surface area contributed by atoms with Gasteiger partial charge in [-0.05, 0) is 50.9 Å². The Hall–Kier alpha value is -0.900. The van der Waals surface area contributed by atoms with Crippen molar-refractivity contribution in [3.05, 3.63) is 29.5 Å². The van der Waals surface area contributed by atoms with Gasteiger partial charge in [-0.3, -0.25) is 0 Å². The molecule has 4 atom stereocenters. The van der Waals surface area contributed by atoms with Crippen LogP contribution in [-0.4, -0.2) is 47.6 Å². The van der Waals surface area contributed by atoms with Gasteiger partial charge in [0, 0.05) is 12.1 Å². The Morgan fingerprint density at radius 3 is 2.79 bits per heavy atom. The van der Waals surface area contributed by atoms with E-state index in [0.717, 1.165) is 32.4 Å². The lowest BCUT2D eigenvalue weighted by molar-refractivity contribution is 0.0293. The third-order valence-electron chi connectivity index (χ3n) is 3.85. The Labute approximate surface area is 114 Å². The molecule has 19 heavy (non-hydrogen) atoms. The third-order valence-corrected chi connectivity index (χ3v) is 3.85. The monoisotopic (exact) mass is 264 g/mol. The Balaban J connectivity index is 1.52. The normalized spacial score (nSPS) is 33.1. The van der Waals surface area contributed by atoms with Gasteiger partial charge in [-0.2, -0.15) is 0 Å². The van der Waals surface area contributed by atoms with Crippen molar-refractivity contribution >= 4 is 0 Å². The van der Waals surface area contributed by atoms with Crippen LogP contribution in [-0.2, 0) is 0 Å². The quantitative estimate of drug-likeness (QED) is 0.399. The van der Waals surface area contributed by atoms with E-state index in [0.29, 0.717) is 0 Å². The SMILES string of the molecule is C[C@@H]1N[C@@H](CCNCCCC2=C=CC=C2)[C@H](O)[C@@H]1O. The number of hydrogen-bond donors (Lipinski definition) is 4. The summed E-state index contributed by atoms with van der Waals surface area (Å²) in [7, 11) is 0. The van der Waals surface area contributed by atoms with E-state index in [1.54, 1.807) is 0 Å². The van der Waals surface area contributed by atoms with Crippen LogP contribution in [0, 0.1) is 0 Å². The fraction of sp³-hybridized carbons (Fsp3) is 0.667. The van der Waals surface area contributed by atoms with Crippen molar-refractivity contribution in [3.8, 4) is 0 Å². The first-order valence-electron chi connectivity index (χ1n) is 7.13. The van der Waals surface area contributed by atoms with Crippen LogP contribution in [0.4, 0.5) is 0 Å². The van der Waals surface area contributed by atoms with Gasteiger partial charge < -0.3 is 20.8 Å². The van der Waals surface area contributed by atoms with Crippen molar-refractivity contribution < 1.29 is 10.2 Å². The third kappa shape index (κ3) is 4.03. The van der Waals surface area contributed by atoms with Gasteiger partial charge in [0.25, 0.3) is 0 Å². The molecule has 106 valence electrons. The van der Waals surface area contributed by atoms with Crippen LogP contribution in [0.2, 0.25) is 0 Å². The second-order valence-corrected chi connectivity index (χ2v) is 5.38. The molecule has 0 amide bonds. The summed E-state index contributed by atoms with van der Waals surface area (Å²) in [6.07, 6.45) is 7.77. The first-order chi connectivity index (χ1) is 9.18. The number of rotatable bonds is 7. The van der Waals surface area contributed by atoms with Crippen molar-refractivity contribution in [1.29, 1.82) is 0 Å². The molecule has 0 aromatic heterocycles. The average molecular weight is 264 g/mol. The number of nitrogens with one attached hydrogen (secondary N) is 2. The predicted molar refractivity (Wildman–Crippen MR) is 75.9 cm³/mol. The maximum Gasteiger partial charge on any atom is 0.0967 e. The lowest BCUT2D eigenvalue weighted by Gasteiger charge is -2.16. The van der Waals surface area contributed by atoms with E-state index < -0.39 is 12.2 Å². The molecular weight excluding hydrogens is 240 g/mol. The zero-order chi connectivity index (χ0) is 13.7. The van der Waals surface area contributed by atoms with Gasteiger partial charge in [-0.25, -0.2) is 0 Å². The summed E-state index contributed by atoms with van der Waals surface area (Å²) >= 11 is 0. The zero-order valence-electron chi connectivity index (χ0n) is 11.5. The number of hydrogen-bond acceptors (Lipinski definition) is 4. The second kappa shape index (κ2) is 7.04. The molecule has 0 bridgehead atoms. The number of allylic oxidation sites excluding steroid dienone is 3. The molecule has 2 rings (SSSR count). The molecule has 0 aromatic rings. The highest BCUT2D eigenvalue weighted by atomic mass is 16.3.